The van der Waals surface area contributed by atoms with Gasteiger partial charge >= 0.3 is 0 Å². The van der Waals surface area contributed by atoms with Gasteiger partial charge in [-0.2, -0.15) is 0 Å². The van der Waals surface area contributed by atoms with Crippen molar-refractivity contribution >= 4 is 23.4 Å². The van der Waals surface area contributed by atoms with Crippen molar-refractivity contribution in [1.29, 1.82) is 0 Å². The summed E-state index contributed by atoms with van der Waals surface area (Å²) < 4.78 is 10.5. The lowest BCUT2D eigenvalue weighted by Crippen LogP contribution is -2.49. The number of hydrogen-bond acceptors (Lipinski definition) is 9. The number of rotatable bonds is 5. The van der Waals surface area contributed by atoms with Gasteiger partial charge in [0.2, 0.25) is 5.76 Å². The van der Waals surface area contributed by atoms with Crippen LogP contribution in [0.3, 0.4) is 0 Å². The van der Waals surface area contributed by atoms with Crippen LogP contribution >= 0.6 is 0 Å². The van der Waals surface area contributed by atoms with Crippen molar-refractivity contribution in [3.8, 4) is 11.5 Å². The number of nitrogens with one attached hydrogen (secondary N) is 1. The summed E-state index contributed by atoms with van der Waals surface area (Å²) >= 11 is 0. The molecule has 10 heteroatoms. The van der Waals surface area contributed by atoms with Crippen molar-refractivity contribution in [2.45, 2.75) is 0 Å². The second kappa shape index (κ2) is 8.27. The van der Waals surface area contributed by atoms with Gasteiger partial charge in [0.05, 0.1) is 6.26 Å². The van der Waals surface area contributed by atoms with Gasteiger partial charge in [0.1, 0.15) is 23.8 Å². The molecule has 5 heterocycles. The van der Waals surface area contributed by atoms with Gasteiger partial charge in [-0.3, -0.25) is 4.79 Å². The maximum absolute atomic E-state index is 12.8. The van der Waals surface area contributed by atoms with Crippen LogP contribution in [0.1, 0.15) is 10.5 Å². The first-order chi connectivity index (χ1) is 15.3. The molecule has 1 saturated heterocycles. The Kier molecular flexibility index (Phi) is 5.01. The Balaban J connectivity index is 1.21. The van der Waals surface area contributed by atoms with E-state index in [1.807, 2.05) is 24.3 Å². The zero-order valence-electron chi connectivity index (χ0n) is 16.5. The molecule has 156 valence electrons. The molecular weight excluding hydrogens is 398 g/mol. The first kappa shape index (κ1) is 18.8. The van der Waals surface area contributed by atoms with E-state index >= 15 is 0 Å². The Hall–Kier alpha value is -4.21. The van der Waals surface area contributed by atoms with Crippen molar-refractivity contribution in [2.24, 2.45) is 0 Å². The lowest BCUT2D eigenvalue weighted by molar-refractivity contribution is 0.0736. The van der Waals surface area contributed by atoms with Crippen LogP contribution in [0.15, 0.2) is 70.2 Å². The van der Waals surface area contributed by atoms with Crippen LogP contribution in [-0.4, -0.2) is 57.1 Å². The number of carbonyl (C=O) groups is 1. The van der Waals surface area contributed by atoms with Gasteiger partial charge < -0.3 is 24.1 Å². The highest BCUT2D eigenvalue weighted by Gasteiger charge is 2.26. The number of carbonyl (C=O) groups excluding carboxylic acids is 1. The van der Waals surface area contributed by atoms with Gasteiger partial charge in [0.25, 0.3) is 5.91 Å². The molecule has 31 heavy (non-hydrogen) atoms. The van der Waals surface area contributed by atoms with Gasteiger partial charge in [0.15, 0.2) is 11.5 Å². The van der Waals surface area contributed by atoms with Gasteiger partial charge in [0, 0.05) is 44.5 Å². The molecule has 4 aromatic rings. The average molecular weight is 417 g/mol. The zero-order valence-corrected chi connectivity index (χ0v) is 16.5. The molecule has 5 rings (SSSR count). The monoisotopic (exact) mass is 417 g/mol. The second-order valence-electron chi connectivity index (χ2n) is 6.93. The van der Waals surface area contributed by atoms with E-state index in [2.05, 4.69) is 30.3 Å². The third-order valence-electron chi connectivity index (χ3n) is 4.96. The van der Waals surface area contributed by atoms with E-state index < -0.39 is 0 Å². The van der Waals surface area contributed by atoms with E-state index in [1.54, 1.807) is 35.6 Å². The largest absolute Gasteiger partial charge is 0.461 e. The minimum Gasteiger partial charge on any atom is -0.461 e. The SMILES string of the molecule is O=C(c1cc(-c2ccco2)on1)N1CCN(c2cc(Nc3ccccn3)ncn2)CC1. The molecule has 0 bridgehead atoms. The summed E-state index contributed by atoms with van der Waals surface area (Å²) in [5, 5.41) is 7.07. The smallest absolute Gasteiger partial charge is 0.276 e. The molecule has 0 aliphatic carbocycles. The summed E-state index contributed by atoms with van der Waals surface area (Å²) in [5.74, 6) is 2.97. The van der Waals surface area contributed by atoms with Crippen LogP contribution in [0.2, 0.25) is 0 Å². The molecule has 0 spiro atoms. The number of piperazine rings is 1. The lowest BCUT2D eigenvalue weighted by Gasteiger charge is -2.35. The van der Waals surface area contributed by atoms with Crippen molar-refractivity contribution in [3.63, 3.8) is 0 Å². The second-order valence-corrected chi connectivity index (χ2v) is 6.93. The topological polar surface area (TPSA) is 113 Å². The first-order valence-corrected chi connectivity index (χ1v) is 9.81. The molecular formula is C21H19N7O3. The number of pyridine rings is 1. The van der Waals surface area contributed by atoms with E-state index in [9.17, 15) is 4.79 Å². The van der Waals surface area contributed by atoms with Crippen LogP contribution in [-0.2, 0) is 0 Å². The predicted octanol–water partition coefficient (Wildman–Crippen LogP) is 2.83. The first-order valence-electron chi connectivity index (χ1n) is 9.81. The number of nitrogens with zero attached hydrogens (tertiary/aromatic N) is 6. The Bertz CT molecular complexity index is 1150. The highest BCUT2D eigenvalue weighted by atomic mass is 16.5. The number of hydrogen-bond donors (Lipinski definition) is 1. The van der Waals surface area contributed by atoms with Gasteiger partial charge in [-0.05, 0) is 24.3 Å². The zero-order chi connectivity index (χ0) is 21.0. The normalized spacial score (nSPS) is 13.9. The van der Waals surface area contributed by atoms with Gasteiger partial charge in [-0.1, -0.05) is 11.2 Å². The van der Waals surface area contributed by atoms with Crippen LogP contribution in [0.4, 0.5) is 17.5 Å². The maximum atomic E-state index is 12.8. The Morgan fingerprint density at radius 1 is 0.935 bits per heavy atom. The Labute approximate surface area is 177 Å². The molecule has 1 fully saturated rings. The fourth-order valence-electron chi connectivity index (χ4n) is 3.37. The lowest BCUT2D eigenvalue weighted by atomic mass is 10.2. The summed E-state index contributed by atoms with van der Waals surface area (Å²) in [6, 6.07) is 12.6. The number of anilines is 3. The molecule has 1 aliphatic heterocycles. The van der Waals surface area contributed by atoms with E-state index in [1.165, 1.54) is 6.33 Å². The quantitative estimate of drug-likeness (QED) is 0.523. The van der Waals surface area contributed by atoms with Crippen molar-refractivity contribution in [3.05, 3.63) is 66.9 Å². The molecule has 1 aliphatic rings. The summed E-state index contributed by atoms with van der Waals surface area (Å²) in [6.45, 7) is 2.40. The third-order valence-corrected chi connectivity index (χ3v) is 4.96. The summed E-state index contributed by atoms with van der Waals surface area (Å²) in [4.78, 5) is 29.5. The van der Waals surface area contributed by atoms with Crippen LogP contribution < -0.4 is 10.2 Å². The summed E-state index contributed by atoms with van der Waals surface area (Å²) in [5.41, 5.74) is 0.267. The molecule has 1 amide bonds. The highest BCUT2D eigenvalue weighted by Crippen LogP contribution is 2.22. The van der Waals surface area contributed by atoms with Crippen molar-refractivity contribution in [2.75, 3.05) is 36.4 Å². The number of aromatic nitrogens is 4. The number of amides is 1. The molecule has 0 aromatic carbocycles. The Morgan fingerprint density at radius 3 is 2.61 bits per heavy atom. The fourth-order valence-corrected chi connectivity index (χ4v) is 3.37. The van der Waals surface area contributed by atoms with E-state index in [0.717, 1.165) is 5.82 Å². The van der Waals surface area contributed by atoms with Crippen LogP contribution in [0, 0.1) is 0 Å². The Morgan fingerprint density at radius 2 is 1.84 bits per heavy atom. The fraction of sp³-hybridized carbons (Fsp3) is 0.190. The molecule has 10 nitrogen and oxygen atoms in total. The predicted molar refractivity (Wildman–Crippen MR) is 112 cm³/mol. The molecule has 0 unspecified atom stereocenters. The van der Waals surface area contributed by atoms with Crippen LogP contribution in [0.25, 0.3) is 11.5 Å². The molecule has 0 atom stereocenters. The molecule has 4 aromatic heterocycles. The molecule has 1 N–H and O–H groups in total. The van der Waals surface area contributed by atoms with Crippen LogP contribution in [0.5, 0.6) is 0 Å². The third kappa shape index (κ3) is 4.08. The maximum Gasteiger partial charge on any atom is 0.276 e. The summed E-state index contributed by atoms with van der Waals surface area (Å²) in [6.07, 6.45) is 4.78. The van der Waals surface area contributed by atoms with E-state index in [-0.39, 0.29) is 11.6 Å². The van der Waals surface area contributed by atoms with E-state index in [4.69, 9.17) is 8.94 Å². The molecule has 0 radical (unpaired) electrons. The van der Waals surface area contributed by atoms with Crippen molar-refractivity contribution in [1.82, 2.24) is 25.0 Å². The number of furan rings is 1. The minimum absolute atomic E-state index is 0.165. The summed E-state index contributed by atoms with van der Waals surface area (Å²) in [7, 11) is 0. The van der Waals surface area contributed by atoms with Gasteiger partial charge in [-0.25, -0.2) is 15.0 Å². The minimum atomic E-state index is -0.165. The molecule has 0 saturated carbocycles. The van der Waals surface area contributed by atoms with E-state index in [0.29, 0.717) is 49.3 Å². The highest BCUT2D eigenvalue weighted by molar-refractivity contribution is 5.93. The average Bonchev–Trinajstić information content (AvgIpc) is 3.52. The van der Waals surface area contributed by atoms with Crippen molar-refractivity contribution < 1.29 is 13.7 Å². The standard InChI is InChI=1S/C21H19N7O3/c29-21(15-12-17(31-26-15)16-4-3-11-30-16)28-9-7-27(8-10-28)20-13-19(23-14-24-20)25-18-5-1-2-6-22-18/h1-6,11-14H,7-10H2,(H,22,23,24,25). The van der Waals surface area contributed by atoms with Gasteiger partial charge in [-0.15, -0.1) is 0 Å².